The zero-order chi connectivity index (χ0) is 76.9. The summed E-state index contributed by atoms with van der Waals surface area (Å²) in [5.74, 6) is -18.3. The highest BCUT2D eigenvalue weighted by Crippen LogP contribution is 2.25. The highest BCUT2D eigenvalue weighted by atomic mass is 33.1. The predicted molar refractivity (Wildman–Crippen MR) is 380 cm³/mol. The number of carboxylic acid groups (broad SMARTS) is 1. The number of amides is 14. The number of aliphatic imine (C=N–C) groups is 1. The van der Waals surface area contributed by atoms with E-state index in [0.29, 0.717) is 34.3 Å². The molecular weight excluding hydrogens is 1400 g/mol. The van der Waals surface area contributed by atoms with Gasteiger partial charge in [0.15, 0.2) is 5.96 Å². The van der Waals surface area contributed by atoms with Crippen LogP contribution in [0.5, 0.6) is 0 Å². The van der Waals surface area contributed by atoms with E-state index in [1.807, 2.05) is 0 Å². The number of hydrogen-bond acceptors (Lipinski definition) is 20. The Morgan fingerprint density at radius 3 is 1.69 bits per heavy atom. The molecule has 3 aromatic heterocycles. The lowest BCUT2D eigenvalue weighted by molar-refractivity contribution is -0.141. The highest BCUT2D eigenvalue weighted by molar-refractivity contribution is 8.76. The molecule has 0 aliphatic carbocycles. The summed E-state index contributed by atoms with van der Waals surface area (Å²) >= 11 is 0. The molecule has 1 aliphatic rings. The van der Waals surface area contributed by atoms with E-state index in [1.54, 1.807) is 58.2 Å². The van der Waals surface area contributed by atoms with Crippen molar-refractivity contribution in [2.75, 3.05) is 24.6 Å². The van der Waals surface area contributed by atoms with Gasteiger partial charge in [-0.3, -0.25) is 76.9 Å². The van der Waals surface area contributed by atoms with Crippen LogP contribution in [0.2, 0.25) is 0 Å². The maximum atomic E-state index is 14.7. The molecular formula is C64H94N22O16S2. The van der Waals surface area contributed by atoms with Gasteiger partial charge >= 0.3 is 5.97 Å². The van der Waals surface area contributed by atoms with Gasteiger partial charge in [0.1, 0.15) is 66.5 Å². The number of nitrogens with zero attached hydrogens (tertiary/aromatic N) is 3. The number of benzene rings is 1. The number of carbonyl (C=O) groups is 15. The number of aliphatic carboxylic acids is 1. The van der Waals surface area contributed by atoms with E-state index in [4.69, 9.17) is 22.9 Å². The van der Waals surface area contributed by atoms with Crippen molar-refractivity contribution >= 4 is 127 Å². The van der Waals surface area contributed by atoms with Gasteiger partial charge in [-0.15, -0.1) is 0 Å². The monoisotopic (exact) mass is 1490 g/mol. The second-order valence-electron chi connectivity index (χ2n) is 25.4. The molecule has 0 bridgehead atoms. The second-order valence-corrected chi connectivity index (χ2v) is 28.0. The summed E-state index contributed by atoms with van der Waals surface area (Å²) in [5, 5.41) is 41.2. The molecule has 1 fully saturated rings. The van der Waals surface area contributed by atoms with Crippen molar-refractivity contribution in [3.63, 3.8) is 0 Å². The molecule has 104 heavy (non-hydrogen) atoms. The van der Waals surface area contributed by atoms with Crippen LogP contribution in [0.4, 0.5) is 0 Å². The number of aromatic nitrogens is 5. The Hall–Kier alpha value is -10.8. The topological polar surface area (TPSA) is 610 Å². The summed E-state index contributed by atoms with van der Waals surface area (Å²) in [4.78, 5) is 230. The lowest BCUT2D eigenvalue weighted by Gasteiger charge is -2.30. The fraction of sp³-hybridized carbons (Fsp3) is 0.531. The van der Waals surface area contributed by atoms with Gasteiger partial charge in [0.25, 0.3) is 0 Å². The number of aromatic amines is 3. The van der Waals surface area contributed by atoms with Gasteiger partial charge in [0.2, 0.25) is 82.7 Å². The summed E-state index contributed by atoms with van der Waals surface area (Å²) in [5.41, 5.74) is 24.2. The van der Waals surface area contributed by atoms with Crippen LogP contribution in [0, 0.1) is 17.8 Å². The van der Waals surface area contributed by atoms with Gasteiger partial charge in [0, 0.05) is 91.5 Å². The van der Waals surface area contributed by atoms with E-state index in [9.17, 15) is 77.0 Å². The van der Waals surface area contributed by atoms with Gasteiger partial charge in [-0.2, -0.15) is 0 Å². The SMILES string of the molecule is CC[C@H](C)[C@H](NC(C)=O)C(=O)N[C@H]1CSSC[C@@H](C(N)=O)NC(=O)[C@H](CCCN=C(N)N)NC(=O)[C@@H](Cc2cnc[nH]2)NC(=O)[C@H](Cc2cnc[nH]2)NC(=O)CNC(=O)[C@@H](Cc2c[nH]c3ccccc23)NC(=O)[C@@H](CC(=O)O)NC(=O)[C@H](CCC(N)=O)NC(=O)[C@@H](C(C)C)NC(=O)[C@H](C(C)C)NC1=O. The molecule has 0 unspecified atom stereocenters. The smallest absolute Gasteiger partial charge is 0.305 e. The van der Waals surface area contributed by atoms with Crippen LogP contribution < -0.4 is 86.7 Å². The molecule has 38 nitrogen and oxygen atoms in total. The van der Waals surface area contributed by atoms with Crippen molar-refractivity contribution in [3.05, 3.63) is 72.5 Å². The van der Waals surface area contributed by atoms with Crippen LogP contribution in [0.15, 0.2) is 60.5 Å². The summed E-state index contributed by atoms with van der Waals surface area (Å²) < 4.78 is 0. The van der Waals surface area contributed by atoms with Crippen molar-refractivity contribution in [2.45, 2.75) is 173 Å². The molecule has 5 rings (SSSR count). The maximum Gasteiger partial charge on any atom is 0.305 e. The molecule has 0 radical (unpaired) electrons. The van der Waals surface area contributed by atoms with E-state index in [1.165, 1.54) is 45.8 Å². The van der Waals surface area contributed by atoms with E-state index in [2.05, 4.69) is 93.7 Å². The average molecular weight is 1490 g/mol. The zero-order valence-electron chi connectivity index (χ0n) is 58.5. The molecule has 40 heteroatoms. The number of primary amides is 2. The molecule has 0 saturated carbocycles. The number of guanidine groups is 1. The van der Waals surface area contributed by atoms with Gasteiger partial charge in [0.05, 0.1) is 25.6 Å². The van der Waals surface area contributed by atoms with Gasteiger partial charge in [-0.25, -0.2) is 9.97 Å². The first-order valence-corrected chi connectivity index (χ1v) is 35.9. The fourth-order valence-electron chi connectivity index (χ4n) is 10.6. The maximum absolute atomic E-state index is 14.7. The molecule has 12 atom stereocenters. The minimum absolute atomic E-state index is 0.0443. The number of hydrogen-bond donors (Lipinski definition) is 20. The number of fused-ring (bicyclic) bond motifs is 1. The Balaban J connectivity index is 1.62. The lowest BCUT2D eigenvalue weighted by atomic mass is 9.97. The predicted octanol–water partition coefficient (Wildman–Crippen LogP) is -4.86. The average Bonchev–Trinajstić information content (AvgIpc) is 1.64. The minimum Gasteiger partial charge on any atom is -0.481 e. The number of imidazole rings is 2. The Labute approximate surface area is 605 Å². The van der Waals surface area contributed by atoms with E-state index < -0.39 is 199 Å². The summed E-state index contributed by atoms with van der Waals surface area (Å²) in [6.07, 6.45) is 3.93. The summed E-state index contributed by atoms with van der Waals surface area (Å²) in [6.45, 7) is 9.88. The largest absolute Gasteiger partial charge is 0.481 e. The first kappa shape index (κ1) is 83.9. The van der Waals surface area contributed by atoms with E-state index in [-0.39, 0.29) is 56.1 Å². The normalized spacial score (nSPS) is 23.0. The lowest BCUT2D eigenvalue weighted by Crippen LogP contribution is -2.62. The Bertz CT molecular complexity index is 3700. The van der Waals surface area contributed by atoms with E-state index >= 15 is 0 Å². The second kappa shape index (κ2) is 41.3. The van der Waals surface area contributed by atoms with Crippen LogP contribution in [0.1, 0.15) is 104 Å². The van der Waals surface area contributed by atoms with Crippen LogP contribution in [0.3, 0.4) is 0 Å². The number of nitrogens with two attached hydrogens (primary N) is 4. The molecule has 4 aromatic rings. The molecule has 1 aliphatic heterocycles. The van der Waals surface area contributed by atoms with Crippen LogP contribution in [-0.4, -0.2) is 216 Å². The molecule has 1 saturated heterocycles. The first-order valence-electron chi connectivity index (χ1n) is 33.4. The Morgan fingerprint density at radius 1 is 0.615 bits per heavy atom. The molecule has 0 spiro atoms. The Morgan fingerprint density at radius 2 is 1.13 bits per heavy atom. The van der Waals surface area contributed by atoms with Crippen LogP contribution in [-0.2, 0) is 91.2 Å². The van der Waals surface area contributed by atoms with Crippen molar-refractivity contribution in [1.82, 2.24) is 88.7 Å². The number of carbonyl (C=O) groups excluding carboxylic acids is 14. The van der Waals surface area contributed by atoms with Gasteiger partial charge in [-0.05, 0) is 48.6 Å². The number of nitrogens with one attached hydrogen (secondary N) is 15. The van der Waals surface area contributed by atoms with Crippen molar-refractivity contribution in [2.24, 2.45) is 45.7 Å². The molecule has 24 N–H and O–H groups in total. The van der Waals surface area contributed by atoms with E-state index in [0.717, 1.165) is 21.6 Å². The quantitative estimate of drug-likeness (QED) is 0.0143. The standard InChI is InChI=1S/C64H94N22O16S2/c1-8-32(6)52(76-33(7)87)63(102)84-46-27-104-103-26-45(53(66)92)83-55(94)39(14-11-17-71-64(67)68)78-58(97)43(20-36-24-70-29-75-36)81-57(96)42(19-35-23-69-28-74-35)77-48(89)25-73-54(93)41(18-34-22-72-38-13-10-9-12-37(34)38)80-59(98)44(21-49(90)91)82-56(95)40(15-16-47(65)88)79-61(100)50(30(2)3)86-62(101)51(31(4)5)85-60(46)99/h9-10,12-13,22-24,28-32,39-46,50-52,72H,8,11,14-21,25-27H2,1-7H3,(H2,65,88)(H2,66,92)(H,69,74)(H,70,75)(H,73,93)(H,76,87)(H,77,89)(H,78,97)(H,79,100)(H,80,98)(H,81,96)(H,82,95)(H,83,94)(H,84,102)(H,85,99)(H,86,101)(H,90,91)(H4,67,68,71)/t32-,39-,40-,41+,42-,43+,44+,45-,46-,50+,51-,52-/m0/s1. The minimum atomic E-state index is -2.03. The Kier molecular flexibility index (Phi) is 33.3. The number of carboxylic acids is 1. The third-order valence-corrected chi connectivity index (χ3v) is 18.9. The zero-order valence-corrected chi connectivity index (χ0v) is 60.1. The van der Waals surface area contributed by atoms with Crippen molar-refractivity contribution in [1.29, 1.82) is 0 Å². The van der Waals surface area contributed by atoms with Gasteiger partial charge in [-0.1, -0.05) is 87.8 Å². The summed E-state index contributed by atoms with van der Waals surface area (Å²) in [7, 11) is 1.82. The van der Waals surface area contributed by atoms with Crippen LogP contribution >= 0.6 is 21.6 Å². The number of para-hydroxylation sites is 1. The molecule has 1 aromatic carbocycles. The van der Waals surface area contributed by atoms with Crippen molar-refractivity contribution < 1.29 is 77.0 Å². The number of rotatable bonds is 23. The van der Waals surface area contributed by atoms with Crippen LogP contribution in [0.25, 0.3) is 10.9 Å². The van der Waals surface area contributed by atoms with Gasteiger partial charge < -0.3 is 107 Å². The third kappa shape index (κ3) is 27.2. The molecule has 4 heterocycles. The highest BCUT2D eigenvalue weighted by Gasteiger charge is 2.39. The molecule has 14 amide bonds. The summed E-state index contributed by atoms with van der Waals surface area (Å²) in [6, 6.07) is -10.4. The molecule has 568 valence electrons. The first-order chi connectivity index (χ1) is 49.2. The third-order valence-electron chi connectivity index (χ3n) is 16.5. The fourth-order valence-corrected chi connectivity index (χ4v) is 13.0. The number of H-pyrrole nitrogens is 3. The van der Waals surface area contributed by atoms with Crippen molar-refractivity contribution in [3.8, 4) is 0 Å².